The average molecular weight is 310 g/mol. The minimum atomic E-state index is -0.772. The highest BCUT2D eigenvalue weighted by Crippen LogP contribution is 2.31. The Hall–Kier alpha value is -2.14. The van der Waals surface area contributed by atoms with Crippen LogP contribution in [0.1, 0.15) is 16.7 Å². The van der Waals surface area contributed by atoms with Crippen LogP contribution in [0.2, 0.25) is 0 Å². The highest BCUT2D eigenvalue weighted by Gasteiger charge is 2.17. The van der Waals surface area contributed by atoms with Gasteiger partial charge in [0.05, 0.1) is 11.0 Å². The molecule has 0 spiro atoms. The highest BCUT2D eigenvalue weighted by atomic mass is 35.5. The second-order valence-corrected chi connectivity index (χ2v) is 4.92. The fourth-order valence-electron chi connectivity index (χ4n) is 1.93. The maximum atomic E-state index is 13.9. The molecule has 0 aromatic heterocycles. The van der Waals surface area contributed by atoms with Gasteiger partial charge in [-0.1, -0.05) is 6.07 Å². The summed E-state index contributed by atoms with van der Waals surface area (Å²) in [5.41, 5.74) is 1.96. The Morgan fingerprint density at radius 2 is 1.95 bits per heavy atom. The summed E-state index contributed by atoms with van der Waals surface area (Å²) in [4.78, 5) is 10.1. The molecule has 0 fully saturated rings. The molecular formula is C15H13ClFNO3. The number of halogens is 2. The van der Waals surface area contributed by atoms with Crippen LogP contribution in [-0.4, -0.2) is 4.92 Å². The predicted molar refractivity (Wildman–Crippen MR) is 78.6 cm³/mol. The van der Waals surface area contributed by atoms with Crippen molar-refractivity contribution in [3.05, 3.63) is 63.0 Å². The zero-order chi connectivity index (χ0) is 15.6. The number of benzene rings is 2. The second-order valence-electron chi connectivity index (χ2n) is 4.65. The van der Waals surface area contributed by atoms with E-state index >= 15 is 0 Å². The molecule has 110 valence electrons. The van der Waals surface area contributed by atoms with Crippen molar-refractivity contribution in [3.63, 3.8) is 0 Å². The number of hydrogen-bond donors (Lipinski definition) is 0. The fraction of sp³-hybridized carbons (Fsp3) is 0.200. The SMILES string of the molecule is Cc1cc(Oc2cc(C)c([N+](=O)[O-])cc2F)ccc1CCl. The Morgan fingerprint density at radius 3 is 2.52 bits per heavy atom. The Balaban J connectivity index is 2.34. The number of ether oxygens (including phenoxy) is 1. The third-order valence-corrected chi connectivity index (χ3v) is 3.42. The lowest BCUT2D eigenvalue weighted by molar-refractivity contribution is -0.385. The minimum Gasteiger partial charge on any atom is -0.454 e. The topological polar surface area (TPSA) is 52.4 Å². The standard InChI is InChI=1S/C15H13ClFNO3/c1-9-5-12(4-3-11(9)8-16)21-15-6-10(2)14(18(19)20)7-13(15)17/h3-7H,8H2,1-2H3. The van der Waals surface area contributed by atoms with Crippen LogP contribution in [-0.2, 0) is 5.88 Å². The molecule has 0 saturated heterocycles. The molecule has 6 heteroatoms. The summed E-state index contributed by atoms with van der Waals surface area (Å²) >= 11 is 5.77. The summed E-state index contributed by atoms with van der Waals surface area (Å²) in [6.45, 7) is 3.41. The van der Waals surface area contributed by atoms with E-state index < -0.39 is 10.7 Å². The summed E-state index contributed by atoms with van der Waals surface area (Å²) < 4.78 is 19.3. The minimum absolute atomic E-state index is 0.0453. The van der Waals surface area contributed by atoms with Crippen LogP contribution in [0.4, 0.5) is 10.1 Å². The van der Waals surface area contributed by atoms with Crippen molar-refractivity contribution in [1.29, 1.82) is 0 Å². The average Bonchev–Trinajstić information content (AvgIpc) is 2.42. The zero-order valence-electron chi connectivity index (χ0n) is 11.5. The Morgan fingerprint density at radius 1 is 1.24 bits per heavy atom. The molecule has 4 nitrogen and oxygen atoms in total. The normalized spacial score (nSPS) is 10.5. The first kappa shape index (κ1) is 15.3. The van der Waals surface area contributed by atoms with E-state index in [1.807, 2.05) is 6.92 Å². The van der Waals surface area contributed by atoms with Crippen molar-refractivity contribution in [2.45, 2.75) is 19.7 Å². The summed E-state index contributed by atoms with van der Waals surface area (Å²) in [5, 5.41) is 10.7. The molecule has 2 aromatic carbocycles. The van der Waals surface area contributed by atoms with E-state index in [0.717, 1.165) is 17.2 Å². The van der Waals surface area contributed by atoms with E-state index in [9.17, 15) is 14.5 Å². The van der Waals surface area contributed by atoms with Gasteiger partial charge >= 0.3 is 0 Å². The molecule has 0 N–H and O–H groups in total. The quantitative estimate of drug-likeness (QED) is 0.459. The van der Waals surface area contributed by atoms with Gasteiger partial charge in [-0.15, -0.1) is 11.6 Å². The predicted octanol–water partition coefficient (Wildman–Crippen LogP) is 4.88. The molecule has 21 heavy (non-hydrogen) atoms. The number of rotatable bonds is 4. The summed E-state index contributed by atoms with van der Waals surface area (Å²) in [6, 6.07) is 7.41. The van der Waals surface area contributed by atoms with Crippen LogP contribution in [0, 0.1) is 29.8 Å². The van der Waals surface area contributed by atoms with E-state index in [4.69, 9.17) is 16.3 Å². The van der Waals surface area contributed by atoms with Gasteiger partial charge in [0.15, 0.2) is 11.6 Å². The van der Waals surface area contributed by atoms with E-state index in [-0.39, 0.29) is 11.4 Å². The first-order chi connectivity index (χ1) is 9.92. The summed E-state index contributed by atoms with van der Waals surface area (Å²) in [7, 11) is 0. The Bertz CT molecular complexity index is 704. The van der Waals surface area contributed by atoms with Crippen LogP contribution >= 0.6 is 11.6 Å². The monoisotopic (exact) mass is 309 g/mol. The third kappa shape index (κ3) is 3.31. The molecular weight excluding hydrogens is 297 g/mol. The Labute approximate surface area is 126 Å². The molecule has 0 aliphatic rings. The lowest BCUT2D eigenvalue weighted by Gasteiger charge is -2.10. The molecule has 0 aliphatic heterocycles. The lowest BCUT2D eigenvalue weighted by Crippen LogP contribution is -1.96. The smallest absolute Gasteiger partial charge is 0.275 e. The van der Waals surface area contributed by atoms with Crippen molar-refractivity contribution in [3.8, 4) is 11.5 Å². The molecule has 0 aliphatic carbocycles. The number of nitro groups is 1. The van der Waals surface area contributed by atoms with Gasteiger partial charge in [-0.2, -0.15) is 0 Å². The van der Waals surface area contributed by atoms with Crippen LogP contribution in [0.5, 0.6) is 11.5 Å². The number of aryl methyl sites for hydroxylation is 2. The van der Waals surface area contributed by atoms with E-state index in [1.165, 1.54) is 13.0 Å². The van der Waals surface area contributed by atoms with E-state index in [2.05, 4.69) is 0 Å². The van der Waals surface area contributed by atoms with Gasteiger partial charge in [0.25, 0.3) is 5.69 Å². The van der Waals surface area contributed by atoms with Crippen molar-refractivity contribution < 1.29 is 14.1 Å². The molecule has 0 unspecified atom stereocenters. The maximum absolute atomic E-state index is 13.9. The number of nitro benzene ring substituents is 1. The van der Waals surface area contributed by atoms with Crippen LogP contribution in [0.3, 0.4) is 0 Å². The van der Waals surface area contributed by atoms with Gasteiger partial charge < -0.3 is 4.74 Å². The molecule has 0 heterocycles. The maximum Gasteiger partial charge on any atom is 0.275 e. The molecule has 0 saturated carbocycles. The van der Waals surface area contributed by atoms with Gasteiger partial charge in [-0.25, -0.2) is 4.39 Å². The second kappa shape index (κ2) is 6.10. The molecule has 2 rings (SSSR count). The van der Waals surface area contributed by atoms with Gasteiger partial charge in [0.2, 0.25) is 0 Å². The van der Waals surface area contributed by atoms with Gasteiger partial charge in [0, 0.05) is 11.4 Å². The van der Waals surface area contributed by atoms with Gasteiger partial charge in [0.1, 0.15) is 5.75 Å². The van der Waals surface area contributed by atoms with Crippen molar-refractivity contribution in [1.82, 2.24) is 0 Å². The van der Waals surface area contributed by atoms with Gasteiger partial charge in [-0.3, -0.25) is 10.1 Å². The first-order valence-electron chi connectivity index (χ1n) is 6.20. The number of alkyl halides is 1. The first-order valence-corrected chi connectivity index (χ1v) is 6.73. The van der Waals surface area contributed by atoms with E-state index in [1.54, 1.807) is 18.2 Å². The largest absolute Gasteiger partial charge is 0.454 e. The molecule has 2 aromatic rings. The molecule has 0 radical (unpaired) electrons. The van der Waals surface area contributed by atoms with Gasteiger partial charge in [-0.05, 0) is 43.2 Å². The fourth-order valence-corrected chi connectivity index (χ4v) is 2.23. The third-order valence-electron chi connectivity index (χ3n) is 3.13. The molecule has 0 amide bonds. The summed E-state index contributed by atoms with van der Waals surface area (Å²) in [5.74, 6) is 0.0212. The number of hydrogen-bond acceptors (Lipinski definition) is 3. The van der Waals surface area contributed by atoms with Crippen molar-refractivity contribution >= 4 is 17.3 Å². The van der Waals surface area contributed by atoms with Crippen molar-refractivity contribution in [2.75, 3.05) is 0 Å². The summed E-state index contributed by atoms with van der Waals surface area (Å²) in [6.07, 6.45) is 0. The number of nitrogens with zero attached hydrogens (tertiary/aromatic N) is 1. The van der Waals surface area contributed by atoms with E-state index in [0.29, 0.717) is 17.2 Å². The highest BCUT2D eigenvalue weighted by molar-refractivity contribution is 6.17. The zero-order valence-corrected chi connectivity index (χ0v) is 12.3. The Kier molecular flexibility index (Phi) is 4.43. The molecule has 0 atom stereocenters. The molecule has 0 bridgehead atoms. The van der Waals surface area contributed by atoms with Crippen LogP contribution < -0.4 is 4.74 Å². The lowest BCUT2D eigenvalue weighted by atomic mass is 10.1. The van der Waals surface area contributed by atoms with Crippen LogP contribution in [0.15, 0.2) is 30.3 Å². The van der Waals surface area contributed by atoms with Crippen molar-refractivity contribution in [2.24, 2.45) is 0 Å². The van der Waals surface area contributed by atoms with Crippen LogP contribution in [0.25, 0.3) is 0 Å².